The maximum atomic E-state index is 13.3. The molecule has 0 aromatic heterocycles. The summed E-state index contributed by atoms with van der Waals surface area (Å²) in [6, 6.07) is -2.30. The van der Waals surface area contributed by atoms with E-state index in [0.717, 1.165) is 0 Å². The van der Waals surface area contributed by atoms with Crippen molar-refractivity contribution < 1.29 is 54.4 Å². The molecule has 252 valence electrons. The number of amides is 1. The third kappa shape index (κ3) is 8.59. The minimum atomic E-state index is -1.44. The molecule has 0 bridgehead atoms. The minimum Gasteiger partial charge on any atom is -0.394 e. The Balaban J connectivity index is 1.91. The first-order valence-corrected chi connectivity index (χ1v) is 15.1. The van der Waals surface area contributed by atoms with Crippen LogP contribution in [0.2, 0.25) is 0 Å². The van der Waals surface area contributed by atoms with E-state index in [1.807, 2.05) is 0 Å². The molecule has 0 radical (unpaired) electrons. The van der Waals surface area contributed by atoms with E-state index in [1.54, 1.807) is 21.1 Å². The number of carbonyl (C=O) groups excluding carboxylic acids is 1. The highest BCUT2D eigenvalue weighted by molar-refractivity contribution is 5.80. The van der Waals surface area contributed by atoms with E-state index in [1.165, 1.54) is 19.0 Å². The van der Waals surface area contributed by atoms with Gasteiger partial charge < -0.3 is 75.8 Å². The highest BCUT2D eigenvalue weighted by Gasteiger charge is 2.53. The zero-order valence-electron chi connectivity index (χ0n) is 25.7. The van der Waals surface area contributed by atoms with E-state index in [2.05, 4.69) is 21.3 Å². The van der Waals surface area contributed by atoms with Crippen LogP contribution >= 0.6 is 0 Å². The van der Waals surface area contributed by atoms with E-state index >= 15 is 0 Å². The van der Waals surface area contributed by atoms with E-state index < -0.39 is 92.1 Å². The van der Waals surface area contributed by atoms with Gasteiger partial charge in [-0.05, 0) is 60.4 Å². The van der Waals surface area contributed by atoms with Gasteiger partial charge in [-0.15, -0.1) is 0 Å². The molecule has 3 aliphatic rings. The van der Waals surface area contributed by atoms with Crippen LogP contribution in [0, 0.1) is 0 Å². The van der Waals surface area contributed by atoms with Crippen molar-refractivity contribution in [3.05, 3.63) is 0 Å². The molecule has 2 aliphatic heterocycles. The van der Waals surface area contributed by atoms with E-state index in [-0.39, 0.29) is 18.9 Å². The Labute approximate surface area is 253 Å². The van der Waals surface area contributed by atoms with Gasteiger partial charge in [0.15, 0.2) is 12.6 Å². The molecule has 2 heterocycles. The molecule has 1 saturated carbocycles. The Bertz CT molecular complexity index is 849. The molecular formula is C27H53N5O11. The first-order valence-electron chi connectivity index (χ1n) is 15.1. The van der Waals surface area contributed by atoms with Crippen molar-refractivity contribution in [1.29, 1.82) is 0 Å². The van der Waals surface area contributed by atoms with Crippen molar-refractivity contribution in [3.63, 3.8) is 0 Å². The van der Waals surface area contributed by atoms with Gasteiger partial charge in [0, 0.05) is 19.6 Å². The maximum absolute atomic E-state index is 13.3. The number of likely N-dealkylation sites (N-methyl/N-ethyl adjacent to an activating group) is 4. The summed E-state index contributed by atoms with van der Waals surface area (Å²) in [4.78, 5) is 14.6. The summed E-state index contributed by atoms with van der Waals surface area (Å²) >= 11 is 0. The Morgan fingerprint density at radius 2 is 1.63 bits per heavy atom. The lowest BCUT2D eigenvalue weighted by Gasteiger charge is -2.51. The van der Waals surface area contributed by atoms with E-state index in [4.69, 9.17) is 18.9 Å². The number of aliphatic hydroxyl groups excluding tert-OH is 6. The molecule has 16 nitrogen and oxygen atoms in total. The standard InChI is InChI=1S/C27H53N5O11/c1-28-9-8-16(34)25(39)32(5)15-10-14(30-3)23(42-26-17(35)7-6-13(40-26)11-29-2)22(38)24(15)43-27-21(37)19(31-4)20(36)18(12-33)41-27/h13-24,26-31,33-38H,6-12H2,1-5H3/t13?,14?,15?,16-,17?,18?,19?,20?,21?,22?,23?,24?,26?,27?/m1/s1. The number of rotatable bonds is 14. The lowest BCUT2D eigenvalue weighted by Crippen LogP contribution is -2.69. The van der Waals surface area contributed by atoms with Gasteiger partial charge in [-0.25, -0.2) is 0 Å². The minimum absolute atomic E-state index is 0.163. The molecule has 14 atom stereocenters. The van der Waals surface area contributed by atoms with Gasteiger partial charge in [-0.2, -0.15) is 0 Å². The van der Waals surface area contributed by atoms with Crippen molar-refractivity contribution in [2.24, 2.45) is 0 Å². The zero-order valence-corrected chi connectivity index (χ0v) is 25.7. The molecule has 16 heteroatoms. The van der Waals surface area contributed by atoms with Crippen molar-refractivity contribution in [2.75, 3.05) is 54.9 Å². The zero-order chi connectivity index (χ0) is 31.8. The van der Waals surface area contributed by atoms with E-state index in [0.29, 0.717) is 25.9 Å². The second kappa shape index (κ2) is 17.0. The Morgan fingerprint density at radius 3 is 2.23 bits per heavy atom. The van der Waals surface area contributed by atoms with Gasteiger partial charge in [0.2, 0.25) is 0 Å². The average molecular weight is 624 g/mol. The predicted molar refractivity (Wildman–Crippen MR) is 153 cm³/mol. The van der Waals surface area contributed by atoms with Crippen LogP contribution in [-0.4, -0.2) is 182 Å². The normalized spacial score (nSPS) is 41.1. The number of aliphatic hydroxyl groups is 6. The highest BCUT2D eigenvalue weighted by atomic mass is 16.7. The van der Waals surface area contributed by atoms with Gasteiger partial charge in [0.25, 0.3) is 5.91 Å². The van der Waals surface area contributed by atoms with Gasteiger partial charge in [-0.3, -0.25) is 4.79 Å². The van der Waals surface area contributed by atoms with Crippen LogP contribution < -0.4 is 21.3 Å². The summed E-state index contributed by atoms with van der Waals surface area (Å²) in [6.07, 6.45) is -10.9. The Morgan fingerprint density at radius 1 is 0.930 bits per heavy atom. The number of hydrogen-bond acceptors (Lipinski definition) is 15. The van der Waals surface area contributed by atoms with Crippen LogP contribution in [0.15, 0.2) is 0 Å². The van der Waals surface area contributed by atoms with Crippen molar-refractivity contribution in [1.82, 2.24) is 26.2 Å². The summed E-state index contributed by atoms with van der Waals surface area (Å²) in [5, 5.41) is 76.3. The molecule has 1 amide bonds. The largest absolute Gasteiger partial charge is 0.394 e. The van der Waals surface area contributed by atoms with Crippen molar-refractivity contribution in [3.8, 4) is 0 Å². The second-order valence-electron chi connectivity index (χ2n) is 11.6. The SMILES string of the molecule is CNCC[C@@H](O)C(=O)N(C)C1CC(NC)C(OC2OC(CNC)CCC2O)C(O)C1OC1OC(CO)C(O)C(NC)C1O. The average Bonchev–Trinajstić information content (AvgIpc) is 3.00. The van der Waals surface area contributed by atoms with Gasteiger partial charge in [-0.1, -0.05) is 0 Å². The quantitative estimate of drug-likeness (QED) is 0.0874. The molecule has 2 saturated heterocycles. The fraction of sp³-hybridized carbons (Fsp3) is 0.963. The molecule has 13 unspecified atom stereocenters. The molecule has 0 aromatic carbocycles. The summed E-state index contributed by atoms with van der Waals surface area (Å²) < 4.78 is 24.1. The summed E-state index contributed by atoms with van der Waals surface area (Å²) in [6.45, 7) is 0.393. The van der Waals surface area contributed by atoms with Gasteiger partial charge >= 0.3 is 0 Å². The molecule has 10 N–H and O–H groups in total. The lowest BCUT2D eigenvalue weighted by molar-refractivity contribution is -0.323. The van der Waals surface area contributed by atoms with Crippen LogP contribution in [0.1, 0.15) is 25.7 Å². The first-order chi connectivity index (χ1) is 20.5. The monoisotopic (exact) mass is 623 g/mol. The number of ether oxygens (including phenoxy) is 4. The molecule has 0 spiro atoms. The van der Waals surface area contributed by atoms with Crippen molar-refractivity contribution >= 4 is 5.91 Å². The Hall–Kier alpha value is -1.09. The lowest BCUT2D eigenvalue weighted by atomic mass is 9.82. The molecule has 3 rings (SSSR count). The summed E-state index contributed by atoms with van der Waals surface area (Å²) in [5.41, 5.74) is 0. The maximum Gasteiger partial charge on any atom is 0.251 e. The summed E-state index contributed by atoms with van der Waals surface area (Å²) in [7, 11) is 8.21. The molecular weight excluding hydrogens is 570 g/mol. The van der Waals surface area contributed by atoms with Gasteiger partial charge in [0.05, 0.1) is 24.8 Å². The number of carbonyl (C=O) groups is 1. The number of nitrogens with zero attached hydrogens (tertiary/aromatic N) is 1. The smallest absolute Gasteiger partial charge is 0.251 e. The Kier molecular flexibility index (Phi) is 14.4. The second-order valence-corrected chi connectivity index (χ2v) is 11.6. The van der Waals surface area contributed by atoms with Crippen LogP contribution in [0.25, 0.3) is 0 Å². The van der Waals surface area contributed by atoms with Crippen LogP contribution in [0.4, 0.5) is 0 Å². The fourth-order valence-corrected chi connectivity index (χ4v) is 6.18. The van der Waals surface area contributed by atoms with Gasteiger partial charge in [0.1, 0.15) is 48.8 Å². The molecule has 43 heavy (non-hydrogen) atoms. The topological polar surface area (TPSA) is 227 Å². The summed E-state index contributed by atoms with van der Waals surface area (Å²) in [5.74, 6) is -0.585. The number of nitrogens with one attached hydrogen (secondary N) is 4. The third-order valence-electron chi connectivity index (χ3n) is 8.77. The highest BCUT2D eigenvalue weighted by Crippen LogP contribution is 2.34. The first kappa shape index (κ1) is 36.4. The number of hydrogen-bond donors (Lipinski definition) is 10. The van der Waals surface area contributed by atoms with Crippen LogP contribution in [-0.2, 0) is 23.7 Å². The van der Waals surface area contributed by atoms with Crippen molar-refractivity contribution in [2.45, 2.75) is 111 Å². The van der Waals surface area contributed by atoms with Crippen LogP contribution in [0.5, 0.6) is 0 Å². The third-order valence-corrected chi connectivity index (χ3v) is 8.77. The van der Waals surface area contributed by atoms with Crippen LogP contribution in [0.3, 0.4) is 0 Å². The fourth-order valence-electron chi connectivity index (χ4n) is 6.18. The molecule has 0 aromatic rings. The molecule has 1 aliphatic carbocycles. The van der Waals surface area contributed by atoms with E-state index in [9.17, 15) is 35.4 Å². The molecule has 3 fully saturated rings. The predicted octanol–water partition coefficient (Wildman–Crippen LogP) is -4.98.